The number of para-hydroxylation sites is 1. The van der Waals surface area contributed by atoms with E-state index in [1.807, 2.05) is 0 Å². The van der Waals surface area contributed by atoms with E-state index in [0.29, 0.717) is 25.8 Å². The highest BCUT2D eigenvalue weighted by molar-refractivity contribution is 9.10. The van der Waals surface area contributed by atoms with Crippen LogP contribution in [0.1, 0.15) is 5.56 Å². The first-order chi connectivity index (χ1) is 9.90. The van der Waals surface area contributed by atoms with Gasteiger partial charge >= 0.3 is 0 Å². The van der Waals surface area contributed by atoms with Crippen LogP contribution in [-0.4, -0.2) is 4.92 Å². The molecule has 5 nitrogen and oxygen atoms in total. The Labute approximate surface area is 138 Å². The molecule has 0 aliphatic heterocycles. The smallest absolute Gasteiger partial charge is 0.292 e. The van der Waals surface area contributed by atoms with E-state index in [1.165, 1.54) is 6.07 Å². The Morgan fingerprint density at radius 3 is 2.67 bits per heavy atom. The Balaban J connectivity index is 2.23. The third-order valence-corrected chi connectivity index (χ3v) is 4.22. The van der Waals surface area contributed by atoms with E-state index in [4.69, 9.17) is 33.7 Å². The summed E-state index contributed by atoms with van der Waals surface area (Å²) in [6.45, 7) is 0.0468. The molecule has 0 bridgehead atoms. The number of rotatable bonds is 4. The van der Waals surface area contributed by atoms with Gasteiger partial charge in [0.25, 0.3) is 5.69 Å². The summed E-state index contributed by atoms with van der Waals surface area (Å²) in [6, 6.07) is 7.69. The van der Waals surface area contributed by atoms with Crippen LogP contribution in [0, 0.1) is 10.1 Å². The van der Waals surface area contributed by atoms with Crippen LogP contribution < -0.4 is 10.5 Å². The summed E-state index contributed by atoms with van der Waals surface area (Å²) < 4.78 is 6.18. The van der Waals surface area contributed by atoms with Gasteiger partial charge in [-0.05, 0) is 22.0 Å². The van der Waals surface area contributed by atoms with Crippen molar-refractivity contribution in [2.75, 3.05) is 5.73 Å². The molecule has 0 unspecified atom stereocenters. The maximum Gasteiger partial charge on any atom is 0.292 e. The third-order valence-electron chi connectivity index (χ3n) is 2.73. The van der Waals surface area contributed by atoms with Gasteiger partial charge in [0, 0.05) is 22.2 Å². The molecule has 0 radical (unpaired) electrons. The molecule has 2 aromatic rings. The molecule has 0 saturated heterocycles. The molecule has 0 saturated carbocycles. The Kier molecular flexibility index (Phi) is 4.92. The first-order valence-corrected chi connectivity index (χ1v) is 7.24. The summed E-state index contributed by atoms with van der Waals surface area (Å²) >= 11 is 15.2. The lowest BCUT2D eigenvalue weighted by Crippen LogP contribution is -2.03. The van der Waals surface area contributed by atoms with Crippen LogP contribution in [0.2, 0.25) is 10.0 Å². The van der Waals surface area contributed by atoms with Gasteiger partial charge in [-0.15, -0.1) is 0 Å². The molecule has 8 heteroatoms. The van der Waals surface area contributed by atoms with Gasteiger partial charge in [0.15, 0.2) is 0 Å². The van der Waals surface area contributed by atoms with E-state index in [2.05, 4.69) is 15.9 Å². The van der Waals surface area contributed by atoms with Crippen LogP contribution in [0.3, 0.4) is 0 Å². The number of benzene rings is 2. The molecule has 2 N–H and O–H groups in total. The van der Waals surface area contributed by atoms with E-state index >= 15 is 0 Å². The van der Waals surface area contributed by atoms with Crippen LogP contribution in [-0.2, 0) is 6.61 Å². The van der Waals surface area contributed by atoms with Gasteiger partial charge in [-0.2, -0.15) is 0 Å². The summed E-state index contributed by atoms with van der Waals surface area (Å²) in [4.78, 5) is 10.3. The highest BCUT2D eigenvalue weighted by Crippen LogP contribution is 2.35. The molecule has 21 heavy (non-hydrogen) atoms. The van der Waals surface area contributed by atoms with E-state index in [-0.39, 0.29) is 18.0 Å². The molecular weight excluding hydrogens is 383 g/mol. The first kappa shape index (κ1) is 15.9. The van der Waals surface area contributed by atoms with E-state index in [0.717, 1.165) is 0 Å². The number of halogens is 3. The molecule has 0 aliphatic carbocycles. The Morgan fingerprint density at radius 2 is 2.00 bits per heavy atom. The van der Waals surface area contributed by atoms with Crippen LogP contribution in [0.15, 0.2) is 34.8 Å². The van der Waals surface area contributed by atoms with Gasteiger partial charge in [0.05, 0.1) is 15.0 Å². The van der Waals surface area contributed by atoms with Crippen LogP contribution in [0.25, 0.3) is 0 Å². The highest BCUT2D eigenvalue weighted by atomic mass is 79.9. The van der Waals surface area contributed by atoms with Crippen molar-refractivity contribution in [3.63, 3.8) is 0 Å². The fourth-order valence-corrected chi connectivity index (χ4v) is 2.50. The monoisotopic (exact) mass is 390 g/mol. The minimum absolute atomic E-state index is 0.0468. The summed E-state index contributed by atoms with van der Waals surface area (Å²) in [5, 5.41) is 11.6. The van der Waals surface area contributed by atoms with Crippen molar-refractivity contribution in [2.24, 2.45) is 0 Å². The zero-order chi connectivity index (χ0) is 15.6. The Morgan fingerprint density at radius 1 is 1.29 bits per heavy atom. The maximum atomic E-state index is 10.8. The lowest BCUT2D eigenvalue weighted by molar-refractivity contribution is -0.384. The molecule has 2 aromatic carbocycles. The van der Waals surface area contributed by atoms with Crippen LogP contribution in [0.5, 0.6) is 5.75 Å². The molecule has 0 aromatic heterocycles. The number of nitro groups is 1. The second kappa shape index (κ2) is 6.51. The average Bonchev–Trinajstić information content (AvgIpc) is 2.42. The molecule has 0 spiro atoms. The average molecular weight is 392 g/mol. The van der Waals surface area contributed by atoms with Crippen molar-refractivity contribution in [2.45, 2.75) is 6.61 Å². The second-order valence-corrected chi connectivity index (χ2v) is 5.76. The number of nitrogen functional groups attached to an aromatic ring is 1. The van der Waals surface area contributed by atoms with Crippen LogP contribution >= 0.6 is 39.1 Å². The van der Waals surface area contributed by atoms with Crippen molar-refractivity contribution >= 4 is 50.5 Å². The molecule has 110 valence electrons. The number of hydrogen-bond acceptors (Lipinski definition) is 4. The number of ether oxygens (including phenoxy) is 1. The molecule has 0 atom stereocenters. The lowest BCUT2D eigenvalue weighted by atomic mass is 10.1. The molecule has 0 aliphatic rings. The number of nitrogens with zero attached hydrogens (tertiary/aromatic N) is 1. The van der Waals surface area contributed by atoms with E-state index in [9.17, 15) is 10.1 Å². The fraction of sp³-hybridized carbons (Fsp3) is 0.0769. The molecular formula is C13H9BrCl2N2O3. The lowest BCUT2D eigenvalue weighted by Gasteiger charge is -2.11. The van der Waals surface area contributed by atoms with Gasteiger partial charge in [0.1, 0.15) is 18.0 Å². The first-order valence-electron chi connectivity index (χ1n) is 5.69. The predicted molar refractivity (Wildman–Crippen MR) is 86.0 cm³/mol. The largest absolute Gasteiger partial charge is 0.487 e. The van der Waals surface area contributed by atoms with Crippen molar-refractivity contribution < 1.29 is 9.66 Å². The van der Waals surface area contributed by atoms with Crippen molar-refractivity contribution in [1.29, 1.82) is 0 Å². The van der Waals surface area contributed by atoms with E-state index < -0.39 is 4.92 Å². The van der Waals surface area contributed by atoms with Gasteiger partial charge < -0.3 is 10.5 Å². The quantitative estimate of drug-likeness (QED) is 0.350. The second-order valence-electron chi connectivity index (χ2n) is 4.09. The highest BCUT2D eigenvalue weighted by Gasteiger charge is 2.15. The molecule has 0 amide bonds. The number of nitro benzene ring substituents is 1. The number of anilines is 1. The van der Waals surface area contributed by atoms with Gasteiger partial charge in [-0.1, -0.05) is 35.3 Å². The fourth-order valence-electron chi connectivity index (χ4n) is 1.65. The number of hydrogen-bond donors (Lipinski definition) is 1. The van der Waals surface area contributed by atoms with Gasteiger partial charge in [-0.25, -0.2) is 0 Å². The van der Waals surface area contributed by atoms with Crippen molar-refractivity contribution in [3.8, 4) is 5.75 Å². The minimum atomic E-state index is -0.539. The zero-order valence-electron chi connectivity index (χ0n) is 10.5. The molecule has 0 fully saturated rings. The summed E-state index contributed by atoms with van der Waals surface area (Å²) in [5.74, 6) is 0.371. The number of nitrogens with two attached hydrogens (primary N) is 1. The van der Waals surface area contributed by atoms with Crippen LogP contribution in [0.4, 0.5) is 11.4 Å². The van der Waals surface area contributed by atoms with Crippen molar-refractivity contribution in [3.05, 3.63) is 60.5 Å². The topological polar surface area (TPSA) is 78.4 Å². The van der Waals surface area contributed by atoms with Crippen molar-refractivity contribution in [1.82, 2.24) is 0 Å². The summed E-state index contributed by atoms with van der Waals surface area (Å²) in [6.07, 6.45) is 0. The Hall–Kier alpha value is -1.50. The van der Waals surface area contributed by atoms with Gasteiger partial charge in [-0.3, -0.25) is 10.1 Å². The maximum absolute atomic E-state index is 10.8. The minimum Gasteiger partial charge on any atom is -0.487 e. The molecule has 0 heterocycles. The summed E-state index contributed by atoms with van der Waals surface area (Å²) in [7, 11) is 0. The summed E-state index contributed by atoms with van der Waals surface area (Å²) in [5.41, 5.74) is 6.17. The SMILES string of the molecule is Nc1c(COc2cc(Cl)c(Br)cc2Cl)cccc1[N+](=O)[O-]. The normalized spacial score (nSPS) is 10.4. The third kappa shape index (κ3) is 3.58. The zero-order valence-corrected chi connectivity index (χ0v) is 13.6. The predicted octanol–water partition coefficient (Wildman–Crippen LogP) is 4.83. The molecule has 2 rings (SSSR count). The standard InChI is InChI=1S/C13H9BrCl2N2O3/c14-8-4-10(16)12(5-9(8)15)21-6-7-2-1-3-11(13(7)17)18(19)20/h1-5H,6,17H2. The Bertz CT molecular complexity index is 710. The van der Waals surface area contributed by atoms with E-state index in [1.54, 1.807) is 24.3 Å². The van der Waals surface area contributed by atoms with Gasteiger partial charge in [0.2, 0.25) is 0 Å².